The van der Waals surface area contributed by atoms with Crippen LogP contribution in [-0.2, 0) is 6.18 Å². The minimum absolute atomic E-state index is 0.405. The fourth-order valence-electron chi connectivity index (χ4n) is 4.29. The van der Waals surface area contributed by atoms with Gasteiger partial charge < -0.3 is 9.80 Å². The summed E-state index contributed by atoms with van der Waals surface area (Å²) in [4.78, 5) is 11.5. The number of pyridine rings is 1. The first kappa shape index (κ1) is 18.5. The molecule has 0 saturated carbocycles. The summed E-state index contributed by atoms with van der Waals surface area (Å²) in [7, 11) is 0. The van der Waals surface area contributed by atoms with Gasteiger partial charge in [-0.25, -0.2) is 0 Å². The molecule has 2 aliphatic heterocycles. The first-order valence-electron chi connectivity index (χ1n) is 9.63. The number of likely N-dealkylation sites (N-methyl/N-ethyl adjacent to an activating group) is 1. The van der Waals surface area contributed by atoms with E-state index in [2.05, 4.69) is 26.6 Å². The van der Waals surface area contributed by atoms with Gasteiger partial charge in [-0.05, 0) is 31.2 Å². The second-order valence-electron chi connectivity index (χ2n) is 7.42. The molecule has 4 nitrogen and oxygen atoms in total. The number of hydrogen-bond donors (Lipinski definition) is 0. The SMILES string of the molecule is CCN1CCN(C2CCN(c3ccnc4cc(C(F)(F)F)ccc34)C2)CC1. The van der Waals surface area contributed by atoms with E-state index >= 15 is 0 Å². The lowest BCUT2D eigenvalue weighted by Gasteiger charge is -2.37. The molecule has 3 heterocycles. The van der Waals surface area contributed by atoms with Crippen molar-refractivity contribution >= 4 is 16.6 Å². The van der Waals surface area contributed by atoms with E-state index in [9.17, 15) is 13.2 Å². The summed E-state index contributed by atoms with van der Waals surface area (Å²) in [6, 6.07) is 6.31. The van der Waals surface area contributed by atoms with Gasteiger partial charge in [0, 0.05) is 62.6 Å². The van der Waals surface area contributed by atoms with Gasteiger partial charge in [-0.15, -0.1) is 0 Å². The van der Waals surface area contributed by atoms with Crippen molar-refractivity contribution in [2.75, 3.05) is 50.7 Å². The molecule has 0 spiro atoms. The van der Waals surface area contributed by atoms with Crippen molar-refractivity contribution in [3.05, 3.63) is 36.0 Å². The Kier molecular flexibility index (Phi) is 4.99. The van der Waals surface area contributed by atoms with Crippen LogP contribution in [0.5, 0.6) is 0 Å². The van der Waals surface area contributed by atoms with E-state index in [1.807, 2.05) is 6.07 Å². The lowest BCUT2D eigenvalue weighted by atomic mass is 10.1. The largest absolute Gasteiger partial charge is 0.416 e. The van der Waals surface area contributed by atoms with E-state index in [0.717, 1.165) is 75.4 Å². The van der Waals surface area contributed by atoms with Gasteiger partial charge in [0.1, 0.15) is 0 Å². The van der Waals surface area contributed by atoms with E-state index in [0.29, 0.717) is 11.6 Å². The van der Waals surface area contributed by atoms with Gasteiger partial charge >= 0.3 is 6.18 Å². The third-order valence-corrected chi connectivity index (χ3v) is 5.92. The molecule has 0 bridgehead atoms. The summed E-state index contributed by atoms with van der Waals surface area (Å²) in [5.74, 6) is 0. The lowest BCUT2D eigenvalue weighted by molar-refractivity contribution is -0.137. The maximum absolute atomic E-state index is 13.0. The second kappa shape index (κ2) is 7.28. The molecule has 1 atom stereocenters. The van der Waals surface area contributed by atoms with E-state index in [4.69, 9.17) is 0 Å². The molecular weight excluding hydrogens is 353 g/mol. The minimum Gasteiger partial charge on any atom is -0.369 e. The molecule has 0 radical (unpaired) electrons. The summed E-state index contributed by atoms with van der Waals surface area (Å²) in [6.45, 7) is 9.58. The number of fused-ring (bicyclic) bond motifs is 1. The summed E-state index contributed by atoms with van der Waals surface area (Å²) < 4.78 is 38.9. The number of anilines is 1. The Bertz CT molecular complexity index is 799. The van der Waals surface area contributed by atoms with E-state index in [1.54, 1.807) is 12.3 Å². The molecule has 27 heavy (non-hydrogen) atoms. The number of piperazine rings is 1. The predicted molar refractivity (Wildman–Crippen MR) is 101 cm³/mol. The van der Waals surface area contributed by atoms with Crippen LogP contribution in [0.15, 0.2) is 30.5 Å². The fourth-order valence-corrected chi connectivity index (χ4v) is 4.29. The molecule has 0 amide bonds. The number of rotatable bonds is 3. The predicted octanol–water partition coefficient (Wildman–Crippen LogP) is 3.47. The fraction of sp³-hybridized carbons (Fsp3) is 0.550. The number of hydrogen-bond acceptors (Lipinski definition) is 4. The zero-order valence-electron chi connectivity index (χ0n) is 15.5. The Hall–Kier alpha value is -1.86. The zero-order valence-corrected chi connectivity index (χ0v) is 15.5. The second-order valence-corrected chi connectivity index (χ2v) is 7.42. The zero-order chi connectivity index (χ0) is 19.0. The molecule has 2 fully saturated rings. The third kappa shape index (κ3) is 3.75. The number of alkyl halides is 3. The molecule has 0 N–H and O–H groups in total. The smallest absolute Gasteiger partial charge is 0.369 e. The van der Waals surface area contributed by atoms with Crippen molar-refractivity contribution in [3.63, 3.8) is 0 Å². The van der Waals surface area contributed by atoms with Crippen LogP contribution in [0, 0.1) is 0 Å². The van der Waals surface area contributed by atoms with Crippen molar-refractivity contribution in [2.45, 2.75) is 25.6 Å². The summed E-state index contributed by atoms with van der Waals surface area (Å²) >= 11 is 0. The average Bonchev–Trinajstić information content (AvgIpc) is 3.16. The normalized spacial score (nSPS) is 22.7. The van der Waals surface area contributed by atoms with Crippen LogP contribution in [0.25, 0.3) is 10.9 Å². The highest BCUT2D eigenvalue weighted by Crippen LogP contribution is 2.34. The third-order valence-electron chi connectivity index (χ3n) is 5.92. The average molecular weight is 378 g/mol. The summed E-state index contributed by atoms with van der Waals surface area (Å²) in [5.41, 5.74) is 0.749. The number of nitrogens with zero attached hydrogens (tertiary/aromatic N) is 4. The van der Waals surface area contributed by atoms with Crippen LogP contribution >= 0.6 is 0 Å². The van der Waals surface area contributed by atoms with Crippen molar-refractivity contribution in [3.8, 4) is 0 Å². The number of aromatic nitrogens is 1. The van der Waals surface area contributed by atoms with Crippen LogP contribution in [-0.4, -0.2) is 66.6 Å². The minimum atomic E-state index is -4.34. The van der Waals surface area contributed by atoms with Crippen LogP contribution in [0.2, 0.25) is 0 Å². The van der Waals surface area contributed by atoms with Gasteiger partial charge in [0.25, 0.3) is 0 Å². The molecule has 1 aromatic heterocycles. The quantitative estimate of drug-likeness (QED) is 0.816. The van der Waals surface area contributed by atoms with Crippen molar-refractivity contribution in [1.82, 2.24) is 14.8 Å². The number of benzene rings is 1. The highest BCUT2D eigenvalue weighted by atomic mass is 19.4. The van der Waals surface area contributed by atoms with Crippen molar-refractivity contribution in [1.29, 1.82) is 0 Å². The van der Waals surface area contributed by atoms with E-state index in [-0.39, 0.29) is 0 Å². The van der Waals surface area contributed by atoms with Gasteiger partial charge in [0.05, 0.1) is 11.1 Å². The molecule has 2 aromatic rings. The van der Waals surface area contributed by atoms with Crippen molar-refractivity contribution in [2.24, 2.45) is 0 Å². The highest BCUT2D eigenvalue weighted by molar-refractivity contribution is 5.92. The van der Waals surface area contributed by atoms with Crippen LogP contribution in [0.4, 0.5) is 18.9 Å². The van der Waals surface area contributed by atoms with Gasteiger partial charge in [0.15, 0.2) is 0 Å². The Morgan fingerprint density at radius 1 is 1.07 bits per heavy atom. The van der Waals surface area contributed by atoms with Crippen LogP contribution in [0.1, 0.15) is 18.9 Å². The highest BCUT2D eigenvalue weighted by Gasteiger charge is 2.32. The molecule has 4 rings (SSSR count). The molecule has 2 aliphatic rings. The van der Waals surface area contributed by atoms with Crippen LogP contribution in [0.3, 0.4) is 0 Å². The maximum atomic E-state index is 13.0. The molecule has 7 heteroatoms. The first-order chi connectivity index (χ1) is 13.0. The molecule has 1 unspecified atom stereocenters. The molecular formula is C20H25F3N4. The van der Waals surface area contributed by atoms with Gasteiger partial charge in [-0.2, -0.15) is 13.2 Å². The van der Waals surface area contributed by atoms with Crippen LogP contribution < -0.4 is 4.90 Å². The maximum Gasteiger partial charge on any atom is 0.416 e. The van der Waals surface area contributed by atoms with Gasteiger partial charge in [0.2, 0.25) is 0 Å². The molecule has 0 aliphatic carbocycles. The Morgan fingerprint density at radius 3 is 2.56 bits per heavy atom. The summed E-state index contributed by atoms with van der Waals surface area (Å²) in [5, 5.41) is 0.793. The lowest BCUT2D eigenvalue weighted by Crippen LogP contribution is -2.50. The standard InChI is InChI=1S/C20H25F3N4/c1-2-25-9-11-26(12-10-25)16-6-8-27(14-16)19-5-7-24-18-13-15(20(21,22)23)3-4-17(18)19/h3-5,7,13,16H,2,6,8-12,14H2,1H3. The topological polar surface area (TPSA) is 22.6 Å². The summed E-state index contributed by atoms with van der Waals surface area (Å²) in [6.07, 6.45) is -1.63. The molecule has 2 saturated heterocycles. The van der Waals surface area contributed by atoms with Gasteiger partial charge in [-0.3, -0.25) is 9.88 Å². The van der Waals surface area contributed by atoms with Gasteiger partial charge in [-0.1, -0.05) is 13.0 Å². The first-order valence-corrected chi connectivity index (χ1v) is 9.63. The molecule has 146 valence electrons. The van der Waals surface area contributed by atoms with E-state index < -0.39 is 11.7 Å². The Balaban J connectivity index is 1.52. The Morgan fingerprint density at radius 2 is 1.85 bits per heavy atom. The van der Waals surface area contributed by atoms with E-state index in [1.165, 1.54) is 0 Å². The Labute approximate surface area is 157 Å². The monoisotopic (exact) mass is 378 g/mol. The number of halogens is 3. The molecule has 1 aromatic carbocycles. The van der Waals surface area contributed by atoms with Crippen molar-refractivity contribution < 1.29 is 13.2 Å².